The lowest BCUT2D eigenvalue weighted by molar-refractivity contribution is 0.568. The van der Waals surface area contributed by atoms with E-state index < -0.39 is 16.3 Å². The second kappa shape index (κ2) is 4.27. The lowest BCUT2D eigenvalue weighted by Gasteiger charge is -2.13. The maximum absolute atomic E-state index is 10.7. The molecule has 3 N–H and O–H groups in total. The van der Waals surface area contributed by atoms with Crippen LogP contribution in [0.3, 0.4) is 0 Å². The van der Waals surface area contributed by atoms with E-state index in [-0.39, 0.29) is 0 Å². The van der Waals surface area contributed by atoms with Crippen LogP contribution in [0, 0.1) is 0 Å². The summed E-state index contributed by atoms with van der Waals surface area (Å²) in [5.74, 6) is 0. The van der Waals surface area contributed by atoms with Crippen LogP contribution in [0.4, 0.5) is 0 Å². The first-order valence-corrected chi connectivity index (χ1v) is 5.87. The van der Waals surface area contributed by atoms with Gasteiger partial charge in [0.05, 0.1) is 0 Å². The van der Waals surface area contributed by atoms with Crippen LogP contribution in [0.2, 0.25) is 5.02 Å². The summed E-state index contributed by atoms with van der Waals surface area (Å²) in [6, 6.07) is 6.56. The molecule has 0 amide bonds. The molecule has 0 heterocycles. The summed E-state index contributed by atoms with van der Waals surface area (Å²) in [6.07, 6.45) is 0. The predicted molar refractivity (Wildman–Crippen MR) is 56.1 cm³/mol. The fraction of sp³-hybridized carbons (Fsp3) is 0.250. The van der Waals surface area contributed by atoms with Crippen molar-refractivity contribution in [1.82, 2.24) is 4.72 Å². The minimum atomic E-state index is -3.70. The molecular weight excluding hydrogens is 224 g/mol. The van der Waals surface area contributed by atoms with E-state index in [1.54, 1.807) is 31.2 Å². The van der Waals surface area contributed by atoms with Gasteiger partial charge in [0.1, 0.15) is 0 Å². The average Bonchev–Trinajstić information content (AvgIpc) is 2.01. The van der Waals surface area contributed by atoms with Crippen molar-refractivity contribution >= 4 is 21.8 Å². The molecule has 0 aliphatic carbocycles. The van der Waals surface area contributed by atoms with E-state index in [0.29, 0.717) is 10.6 Å². The molecule has 1 atom stereocenters. The Morgan fingerprint density at radius 3 is 2.50 bits per heavy atom. The standard InChI is InChI=1S/C8H11ClN2O2S/c1-6(11-14(10,12)13)7-4-2-3-5-8(7)9/h2-6,11H,1H3,(H2,10,12,13)/t6-/m1/s1. The first-order chi connectivity index (χ1) is 6.40. The number of benzene rings is 1. The summed E-state index contributed by atoms with van der Waals surface area (Å²) in [5, 5.41) is 5.35. The summed E-state index contributed by atoms with van der Waals surface area (Å²) < 4.78 is 23.7. The van der Waals surface area contributed by atoms with Crippen LogP contribution in [0.15, 0.2) is 24.3 Å². The van der Waals surface area contributed by atoms with Gasteiger partial charge in [0.25, 0.3) is 10.2 Å². The molecule has 0 saturated heterocycles. The lowest BCUT2D eigenvalue weighted by Crippen LogP contribution is -2.33. The third-order valence-corrected chi connectivity index (χ3v) is 2.74. The molecule has 0 aromatic heterocycles. The van der Waals surface area contributed by atoms with Crippen LogP contribution in [-0.2, 0) is 10.2 Å². The van der Waals surface area contributed by atoms with Crippen molar-refractivity contribution in [2.75, 3.05) is 0 Å². The molecule has 0 saturated carbocycles. The number of nitrogens with one attached hydrogen (secondary N) is 1. The smallest absolute Gasteiger partial charge is 0.216 e. The van der Waals surface area contributed by atoms with Crippen molar-refractivity contribution in [2.45, 2.75) is 13.0 Å². The second-order valence-electron chi connectivity index (χ2n) is 2.91. The summed E-state index contributed by atoms with van der Waals surface area (Å²) in [6.45, 7) is 1.67. The van der Waals surface area contributed by atoms with Gasteiger partial charge in [0, 0.05) is 11.1 Å². The minimum Gasteiger partial charge on any atom is -0.216 e. The highest BCUT2D eigenvalue weighted by Gasteiger charge is 2.13. The van der Waals surface area contributed by atoms with Gasteiger partial charge in [0.15, 0.2) is 0 Å². The zero-order valence-corrected chi connectivity index (χ0v) is 9.14. The quantitative estimate of drug-likeness (QED) is 0.825. The van der Waals surface area contributed by atoms with Gasteiger partial charge in [-0.15, -0.1) is 0 Å². The van der Waals surface area contributed by atoms with E-state index in [2.05, 4.69) is 4.72 Å². The Balaban J connectivity index is 2.90. The molecule has 0 fully saturated rings. The van der Waals surface area contributed by atoms with E-state index >= 15 is 0 Å². The van der Waals surface area contributed by atoms with Crippen LogP contribution >= 0.6 is 11.6 Å². The Morgan fingerprint density at radius 1 is 1.43 bits per heavy atom. The SMILES string of the molecule is C[C@@H](NS(N)(=O)=O)c1ccccc1Cl. The highest BCUT2D eigenvalue weighted by Crippen LogP contribution is 2.22. The molecule has 0 aliphatic heterocycles. The molecular formula is C8H11ClN2O2S. The van der Waals surface area contributed by atoms with E-state index in [9.17, 15) is 8.42 Å². The van der Waals surface area contributed by atoms with Gasteiger partial charge in [-0.3, -0.25) is 0 Å². The summed E-state index contributed by atoms with van der Waals surface area (Å²) >= 11 is 5.87. The van der Waals surface area contributed by atoms with Crippen molar-refractivity contribution in [3.05, 3.63) is 34.9 Å². The lowest BCUT2D eigenvalue weighted by atomic mass is 10.1. The van der Waals surface area contributed by atoms with Gasteiger partial charge in [0.2, 0.25) is 0 Å². The van der Waals surface area contributed by atoms with Crippen molar-refractivity contribution in [2.24, 2.45) is 5.14 Å². The Bertz CT molecular complexity index is 419. The fourth-order valence-electron chi connectivity index (χ4n) is 1.14. The molecule has 78 valence electrons. The van der Waals surface area contributed by atoms with Gasteiger partial charge in [-0.2, -0.15) is 13.1 Å². The van der Waals surface area contributed by atoms with Crippen LogP contribution < -0.4 is 9.86 Å². The summed E-state index contributed by atoms with van der Waals surface area (Å²) in [7, 11) is -3.70. The third-order valence-electron chi connectivity index (χ3n) is 1.71. The van der Waals surface area contributed by atoms with E-state index in [1.807, 2.05) is 0 Å². The molecule has 1 rings (SSSR count). The summed E-state index contributed by atoms with van der Waals surface area (Å²) in [5.41, 5.74) is 0.697. The second-order valence-corrected chi connectivity index (χ2v) is 4.64. The number of halogens is 1. The van der Waals surface area contributed by atoms with Gasteiger partial charge in [-0.1, -0.05) is 29.8 Å². The summed E-state index contributed by atoms with van der Waals surface area (Å²) in [4.78, 5) is 0. The minimum absolute atomic E-state index is 0.432. The highest BCUT2D eigenvalue weighted by atomic mass is 35.5. The average molecular weight is 235 g/mol. The molecule has 0 radical (unpaired) electrons. The van der Waals surface area contributed by atoms with E-state index in [1.165, 1.54) is 0 Å². The zero-order valence-electron chi connectivity index (χ0n) is 7.57. The van der Waals surface area contributed by atoms with Gasteiger partial charge in [-0.25, -0.2) is 5.14 Å². The number of hydrogen-bond donors (Lipinski definition) is 2. The number of rotatable bonds is 3. The monoisotopic (exact) mass is 234 g/mol. The third kappa shape index (κ3) is 3.26. The molecule has 0 bridgehead atoms. The molecule has 6 heteroatoms. The van der Waals surface area contributed by atoms with Crippen LogP contribution in [0.25, 0.3) is 0 Å². The number of hydrogen-bond acceptors (Lipinski definition) is 2. The molecule has 0 spiro atoms. The first-order valence-electron chi connectivity index (χ1n) is 3.94. The molecule has 4 nitrogen and oxygen atoms in total. The van der Waals surface area contributed by atoms with E-state index in [0.717, 1.165) is 0 Å². The highest BCUT2D eigenvalue weighted by molar-refractivity contribution is 7.87. The molecule has 0 aliphatic rings. The topological polar surface area (TPSA) is 72.2 Å². The molecule has 1 aromatic carbocycles. The zero-order chi connectivity index (χ0) is 10.8. The maximum Gasteiger partial charge on any atom is 0.274 e. The molecule has 0 unspecified atom stereocenters. The molecule has 1 aromatic rings. The van der Waals surface area contributed by atoms with Crippen molar-refractivity contribution in [1.29, 1.82) is 0 Å². The van der Waals surface area contributed by atoms with Crippen molar-refractivity contribution in [3.63, 3.8) is 0 Å². The largest absolute Gasteiger partial charge is 0.274 e. The van der Waals surface area contributed by atoms with Crippen molar-refractivity contribution in [3.8, 4) is 0 Å². The van der Waals surface area contributed by atoms with Gasteiger partial charge < -0.3 is 0 Å². The van der Waals surface area contributed by atoms with E-state index in [4.69, 9.17) is 16.7 Å². The Kier molecular flexibility index (Phi) is 3.49. The van der Waals surface area contributed by atoms with Gasteiger partial charge >= 0.3 is 0 Å². The predicted octanol–water partition coefficient (Wildman–Crippen LogP) is 1.19. The van der Waals surface area contributed by atoms with Crippen LogP contribution in [-0.4, -0.2) is 8.42 Å². The number of nitrogens with two attached hydrogens (primary N) is 1. The Labute approximate surface area is 88.3 Å². The first kappa shape index (κ1) is 11.5. The van der Waals surface area contributed by atoms with Crippen LogP contribution in [0.1, 0.15) is 18.5 Å². The maximum atomic E-state index is 10.7. The fourth-order valence-corrected chi connectivity index (χ4v) is 2.06. The van der Waals surface area contributed by atoms with Gasteiger partial charge in [-0.05, 0) is 18.6 Å². The molecule has 14 heavy (non-hydrogen) atoms. The Morgan fingerprint density at radius 2 is 2.00 bits per heavy atom. The van der Waals surface area contributed by atoms with Crippen LogP contribution in [0.5, 0.6) is 0 Å². The Hall–Kier alpha value is -0.620. The normalized spacial score (nSPS) is 13.9. The van der Waals surface area contributed by atoms with Crippen molar-refractivity contribution < 1.29 is 8.42 Å².